The van der Waals surface area contributed by atoms with E-state index in [0.29, 0.717) is 12.3 Å². The molecule has 0 radical (unpaired) electrons. The highest BCUT2D eigenvalue weighted by Crippen LogP contribution is 2.26. The van der Waals surface area contributed by atoms with Crippen LogP contribution in [0.5, 0.6) is 5.75 Å². The van der Waals surface area contributed by atoms with Gasteiger partial charge in [0, 0.05) is 12.1 Å². The van der Waals surface area contributed by atoms with Gasteiger partial charge < -0.3 is 14.8 Å². The molecule has 1 saturated carbocycles. The van der Waals surface area contributed by atoms with Crippen LogP contribution in [0.25, 0.3) is 0 Å². The summed E-state index contributed by atoms with van der Waals surface area (Å²) in [4.78, 5) is 23.0. The highest BCUT2D eigenvalue weighted by Gasteiger charge is 2.13. The molecule has 5 nitrogen and oxygen atoms in total. The fraction of sp³-hybridized carbons (Fsp3) is 0.600. The Labute approximate surface area is 150 Å². The minimum atomic E-state index is -0.348. The highest BCUT2D eigenvalue weighted by molar-refractivity contribution is 5.92. The minimum Gasteiger partial charge on any atom is -0.494 e. The molecule has 0 aliphatic heterocycles. The fourth-order valence-corrected chi connectivity index (χ4v) is 3.13. The Bertz CT molecular complexity index is 535. The van der Waals surface area contributed by atoms with Gasteiger partial charge in [-0.15, -0.1) is 0 Å². The normalized spacial score (nSPS) is 14.8. The molecule has 25 heavy (non-hydrogen) atoms. The number of carbonyl (C=O) groups excluding carboxylic acids is 2. The Morgan fingerprint density at radius 2 is 1.80 bits per heavy atom. The fourth-order valence-electron chi connectivity index (χ4n) is 3.13. The second-order valence-corrected chi connectivity index (χ2v) is 6.52. The van der Waals surface area contributed by atoms with Gasteiger partial charge in [-0.3, -0.25) is 9.59 Å². The third kappa shape index (κ3) is 7.59. The largest absolute Gasteiger partial charge is 0.494 e. The summed E-state index contributed by atoms with van der Waals surface area (Å²) in [6.45, 7) is 2.83. The van der Waals surface area contributed by atoms with Crippen molar-refractivity contribution in [3.05, 3.63) is 24.3 Å². The minimum absolute atomic E-state index is 0.0992. The van der Waals surface area contributed by atoms with Crippen molar-refractivity contribution in [2.75, 3.05) is 18.5 Å². The molecule has 0 atom stereocenters. The molecule has 1 aromatic rings. The van der Waals surface area contributed by atoms with E-state index in [-0.39, 0.29) is 24.7 Å². The standard InChI is InChI=1S/C20H29NO4/c1-2-24-20(23)13-12-19(22)21-17-8-10-18(11-9-17)25-15-14-16-6-4-3-5-7-16/h8-11,16H,2-7,12-15H2,1H3,(H,21,22). The molecule has 0 unspecified atom stereocenters. The van der Waals surface area contributed by atoms with E-state index in [4.69, 9.17) is 9.47 Å². The SMILES string of the molecule is CCOC(=O)CCC(=O)Nc1ccc(OCCC2CCCCC2)cc1. The van der Waals surface area contributed by atoms with E-state index in [1.54, 1.807) is 6.92 Å². The first-order valence-electron chi connectivity index (χ1n) is 9.35. The summed E-state index contributed by atoms with van der Waals surface area (Å²) in [6, 6.07) is 7.36. The molecule has 138 valence electrons. The zero-order chi connectivity index (χ0) is 17.9. The molecule has 2 rings (SSSR count). The second-order valence-electron chi connectivity index (χ2n) is 6.52. The summed E-state index contributed by atoms with van der Waals surface area (Å²) in [5.41, 5.74) is 0.702. The van der Waals surface area contributed by atoms with Crippen molar-refractivity contribution in [2.45, 2.75) is 58.3 Å². The average molecular weight is 347 g/mol. The Kier molecular flexibility index (Phi) is 8.29. The van der Waals surface area contributed by atoms with Crippen molar-refractivity contribution in [3.63, 3.8) is 0 Å². The maximum atomic E-state index is 11.8. The van der Waals surface area contributed by atoms with E-state index in [0.717, 1.165) is 24.7 Å². The lowest BCUT2D eigenvalue weighted by Crippen LogP contribution is -2.14. The Morgan fingerprint density at radius 3 is 2.48 bits per heavy atom. The van der Waals surface area contributed by atoms with Crippen molar-refractivity contribution in [1.29, 1.82) is 0 Å². The first kappa shape index (κ1) is 19.3. The summed E-state index contributed by atoms with van der Waals surface area (Å²) >= 11 is 0. The number of rotatable bonds is 9. The molecule has 1 N–H and O–H groups in total. The topological polar surface area (TPSA) is 64.6 Å². The second kappa shape index (κ2) is 10.7. The van der Waals surface area contributed by atoms with Crippen molar-refractivity contribution in [3.8, 4) is 5.75 Å². The molecule has 0 aromatic heterocycles. The molecule has 5 heteroatoms. The number of ether oxygens (including phenoxy) is 2. The monoisotopic (exact) mass is 347 g/mol. The number of carbonyl (C=O) groups is 2. The van der Waals surface area contributed by atoms with Crippen molar-refractivity contribution in [2.24, 2.45) is 5.92 Å². The number of hydrogen-bond acceptors (Lipinski definition) is 4. The predicted molar refractivity (Wildman–Crippen MR) is 97.6 cm³/mol. The van der Waals surface area contributed by atoms with Crippen LogP contribution in [0.1, 0.15) is 58.3 Å². The van der Waals surface area contributed by atoms with Crippen LogP contribution in [0.2, 0.25) is 0 Å². The molecular formula is C20H29NO4. The third-order valence-corrected chi connectivity index (χ3v) is 4.52. The first-order valence-corrected chi connectivity index (χ1v) is 9.35. The van der Waals surface area contributed by atoms with Gasteiger partial charge in [0.2, 0.25) is 5.91 Å². The molecule has 1 fully saturated rings. The van der Waals surface area contributed by atoms with E-state index in [1.807, 2.05) is 24.3 Å². The number of hydrogen-bond donors (Lipinski definition) is 1. The molecule has 0 saturated heterocycles. The predicted octanol–water partition coefficient (Wildman–Crippen LogP) is 4.32. The summed E-state index contributed by atoms with van der Waals surface area (Å²) < 4.78 is 10.6. The van der Waals surface area contributed by atoms with Gasteiger partial charge in [-0.25, -0.2) is 0 Å². The van der Waals surface area contributed by atoms with Gasteiger partial charge in [0.25, 0.3) is 0 Å². The number of nitrogens with one attached hydrogen (secondary N) is 1. The van der Waals surface area contributed by atoms with E-state index >= 15 is 0 Å². The number of anilines is 1. The summed E-state index contributed by atoms with van der Waals surface area (Å²) in [5.74, 6) is 1.09. The summed E-state index contributed by atoms with van der Waals surface area (Å²) in [6.07, 6.45) is 8.10. The van der Waals surface area contributed by atoms with Crippen molar-refractivity contribution >= 4 is 17.6 Å². The van der Waals surface area contributed by atoms with Gasteiger partial charge in [0.15, 0.2) is 0 Å². The Balaban J connectivity index is 1.66. The zero-order valence-electron chi connectivity index (χ0n) is 15.1. The van der Waals surface area contributed by atoms with Crippen LogP contribution in [-0.4, -0.2) is 25.1 Å². The number of esters is 1. The lowest BCUT2D eigenvalue weighted by Gasteiger charge is -2.21. The van der Waals surface area contributed by atoms with Crippen molar-refractivity contribution in [1.82, 2.24) is 0 Å². The van der Waals surface area contributed by atoms with E-state index in [1.165, 1.54) is 32.1 Å². The lowest BCUT2D eigenvalue weighted by molar-refractivity contribution is -0.144. The van der Waals surface area contributed by atoms with Crippen LogP contribution >= 0.6 is 0 Å². The Morgan fingerprint density at radius 1 is 1.08 bits per heavy atom. The van der Waals surface area contributed by atoms with E-state index in [2.05, 4.69) is 5.32 Å². The molecule has 1 aromatic carbocycles. The van der Waals surface area contributed by atoms with Crippen LogP contribution < -0.4 is 10.1 Å². The Hall–Kier alpha value is -2.04. The summed E-state index contributed by atoms with van der Waals surface area (Å²) in [7, 11) is 0. The third-order valence-electron chi connectivity index (χ3n) is 4.52. The van der Waals surface area contributed by atoms with Gasteiger partial charge in [-0.2, -0.15) is 0 Å². The van der Waals surface area contributed by atoms with Gasteiger partial charge >= 0.3 is 5.97 Å². The van der Waals surface area contributed by atoms with Gasteiger partial charge in [0.05, 0.1) is 19.6 Å². The summed E-state index contributed by atoms with van der Waals surface area (Å²) in [5, 5.41) is 2.77. The van der Waals surface area contributed by atoms with Crippen LogP contribution in [-0.2, 0) is 14.3 Å². The molecule has 1 aliphatic rings. The van der Waals surface area contributed by atoms with Crippen LogP contribution in [0.15, 0.2) is 24.3 Å². The van der Waals surface area contributed by atoms with Gasteiger partial charge in [0.1, 0.15) is 5.75 Å². The van der Waals surface area contributed by atoms with Crippen LogP contribution in [0.4, 0.5) is 5.69 Å². The molecule has 1 amide bonds. The maximum absolute atomic E-state index is 11.8. The maximum Gasteiger partial charge on any atom is 0.306 e. The average Bonchev–Trinajstić information content (AvgIpc) is 2.63. The van der Waals surface area contributed by atoms with Crippen LogP contribution in [0.3, 0.4) is 0 Å². The van der Waals surface area contributed by atoms with E-state index in [9.17, 15) is 9.59 Å². The highest BCUT2D eigenvalue weighted by atomic mass is 16.5. The smallest absolute Gasteiger partial charge is 0.306 e. The van der Waals surface area contributed by atoms with E-state index < -0.39 is 0 Å². The number of amides is 1. The number of benzene rings is 1. The van der Waals surface area contributed by atoms with Gasteiger partial charge in [-0.05, 0) is 43.5 Å². The van der Waals surface area contributed by atoms with Crippen LogP contribution in [0, 0.1) is 5.92 Å². The quantitative estimate of drug-likeness (QED) is 0.676. The molecular weight excluding hydrogens is 318 g/mol. The van der Waals surface area contributed by atoms with Crippen molar-refractivity contribution < 1.29 is 19.1 Å². The first-order chi connectivity index (χ1) is 12.2. The molecule has 0 bridgehead atoms. The molecule has 0 spiro atoms. The lowest BCUT2D eigenvalue weighted by atomic mass is 9.87. The molecule has 1 aliphatic carbocycles. The van der Waals surface area contributed by atoms with Gasteiger partial charge in [-0.1, -0.05) is 32.1 Å². The molecule has 0 heterocycles. The zero-order valence-corrected chi connectivity index (χ0v) is 15.1.